The van der Waals surface area contributed by atoms with Gasteiger partial charge in [0, 0.05) is 34.5 Å². The quantitative estimate of drug-likeness (QED) is 0.260. The molecule has 5 unspecified atom stereocenters. The lowest BCUT2D eigenvalue weighted by atomic mass is 9.49. The predicted octanol–water partition coefficient (Wildman–Crippen LogP) is 2.31. The maximum Gasteiger partial charge on any atom is 0.347 e. The number of benzene rings is 2. The number of rotatable bonds is 4. The van der Waals surface area contributed by atoms with Crippen molar-refractivity contribution in [2.24, 2.45) is 11.1 Å². The Bertz CT molecular complexity index is 1810. The fourth-order valence-electron chi connectivity index (χ4n) is 11.3. The number of phenols is 2. The number of aliphatic hydroxyl groups is 1. The maximum atomic E-state index is 13.3. The third-order valence-corrected chi connectivity index (χ3v) is 13.3. The smallest absolute Gasteiger partial charge is 0.347 e. The van der Waals surface area contributed by atoms with Gasteiger partial charge in [0.1, 0.15) is 6.10 Å². The van der Waals surface area contributed by atoms with E-state index in [0.29, 0.717) is 48.9 Å². The van der Waals surface area contributed by atoms with Gasteiger partial charge in [-0.05, 0) is 95.0 Å². The van der Waals surface area contributed by atoms with Crippen LogP contribution in [0.3, 0.4) is 0 Å². The molecule has 3 N–H and O–H groups in total. The van der Waals surface area contributed by atoms with Crippen LogP contribution >= 0.6 is 0 Å². The van der Waals surface area contributed by atoms with Crippen molar-refractivity contribution in [1.29, 1.82) is 0 Å². The highest BCUT2D eigenvalue weighted by atomic mass is 16.7. The fraction of sp³-hybridized carbons (Fsp3) is 0.556. The summed E-state index contributed by atoms with van der Waals surface area (Å²) in [5.41, 5.74) is 2.70. The summed E-state index contributed by atoms with van der Waals surface area (Å²) in [6.45, 7) is 1.28. The van der Waals surface area contributed by atoms with Crippen LogP contribution in [0.15, 0.2) is 41.6 Å². The largest absolute Gasteiger partial charge is 0.504 e. The van der Waals surface area contributed by atoms with Gasteiger partial charge in [-0.1, -0.05) is 23.4 Å². The standard InChI is InChI=1S/C36H39N3O8/c1-38-13-11-34-20-5-8-25(33(34)47-30-23(40)6-3-18(28(30)34)15-22(20)38)45-27(42)17-44-37-21-9-10-36(43)26-16-19-4-7-24(41)31-29(19)35(36,32(21)46-31)12-14-39(26)2/h3-8,20,22,25-26,32-33,40-41,43H,9-17H2,1-2H3/t20?,22?,25-,26?,32?,33?,34-,35-,36+/m0/s1. The van der Waals surface area contributed by atoms with E-state index in [1.165, 1.54) is 5.56 Å². The third kappa shape index (κ3) is 3.28. The topological polar surface area (TPSA) is 134 Å². The van der Waals surface area contributed by atoms with Gasteiger partial charge in [-0.15, -0.1) is 0 Å². The summed E-state index contributed by atoms with van der Waals surface area (Å²) in [4.78, 5) is 23.6. The highest BCUT2D eigenvalue weighted by molar-refractivity contribution is 5.94. The molecule has 0 amide bonds. The molecule has 9 atom stereocenters. The SMILES string of the molecule is CN1CC[C@]23c4c5ccc(O)c4OC2[C@@H](OC(=O)CON=C2CC[C@@]4(O)C6Cc7ccc(O)c8c7[C@@]4(CCN6C)C2O8)C=CC3C1C5. The molecule has 4 bridgehead atoms. The molecule has 10 rings (SSSR count). The number of carbonyl (C=O) groups is 1. The fourth-order valence-corrected chi connectivity index (χ4v) is 11.3. The molecule has 4 aliphatic carbocycles. The van der Waals surface area contributed by atoms with Gasteiger partial charge in [-0.3, -0.25) is 0 Å². The lowest BCUT2D eigenvalue weighted by Gasteiger charge is -2.62. The van der Waals surface area contributed by atoms with Crippen LogP contribution in [-0.4, -0.2) is 107 Å². The zero-order chi connectivity index (χ0) is 32.0. The number of oxime groups is 1. The summed E-state index contributed by atoms with van der Waals surface area (Å²) in [5.74, 6) is 0.756. The van der Waals surface area contributed by atoms with Crippen molar-refractivity contribution in [3.63, 3.8) is 0 Å². The van der Waals surface area contributed by atoms with Gasteiger partial charge < -0.3 is 44.2 Å². The zero-order valence-corrected chi connectivity index (χ0v) is 26.5. The van der Waals surface area contributed by atoms with E-state index in [1.54, 1.807) is 12.1 Å². The molecule has 47 heavy (non-hydrogen) atoms. The van der Waals surface area contributed by atoms with E-state index in [9.17, 15) is 20.1 Å². The van der Waals surface area contributed by atoms with Crippen LogP contribution in [0.25, 0.3) is 0 Å². The maximum absolute atomic E-state index is 13.3. The van der Waals surface area contributed by atoms with Crippen molar-refractivity contribution in [2.45, 2.75) is 85.4 Å². The predicted molar refractivity (Wildman–Crippen MR) is 168 cm³/mol. The number of carbonyl (C=O) groups excluding carboxylic acids is 1. The second-order valence-corrected chi connectivity index (χ2v) is 15.0. The van der Waals surface area contributed by atoms with Gasteiger partial charge in [-0.2, -0.15) is 0 Å². The first-order valence-corrected chi connectivity index (χ1v) is 16.9. The molecule has 8 aliphatic rings. The molecule has 4 heterocycles. The van der Waals surface area contributed by atoms with E-state index in [0.717, 1.165) is 42.6 Å². The Balaban J connectivity index is 0.905. The summed E-state index contributed by atoms with van der Waals surface area (Å²) < 4.78 is 19.0. The summed E-state index contributed by atoms with van der Waals surface area (Å²) in [7, 11) is 4.22. The van der Waals surface area contributed by atoms with E-state index in [2.05, 4.69) is 35.1 Å². The van der Waals surface area contributed by atoms with Crippen molar-refractivity contribution >= 4 is 11.7 Å². The van der Waals surface area contributed by atoms with Gasteiger partial charge in [0.2, 0.25) is 6.61 Å². The molecular weight excluding hydrogens is 602 g/mol. The number of phenolic OH excluding ortho intramolecular Hbond substituents is 2. The van der Waals surface area contributed by atoms with Gasteiger partial charge in [0.25, 0.3) is 0 Å². The van der Waals surface area contributed by atoms with Crippen LogP contribution in [0, 0.1) is 5.92 Å². The Morgan fingerprint density at radius 3 is 2.51 bits per heavy atom. The average Bonchev–Trinajstić information content (AvgIpc) is 3.59. The third-order valence-electron chi connectivity index (χ3n) is 13.3. The van der Waals surface area contributed by atoms with E-state index in [1.807, 2.05) is 18.2 Å². The molecule has 4 aliphatic heterocycles. The molecule has 3 fully saturated rings. The molecular formula is C36H39N3O8. The van der Waals surface area contributed by atoms with Gasteiger partial charge in [-0.25, -0.2) is 4.79 Å². The Morgan fingerprint density at radius 1 is 0.957 bits per heavy atom. The molecule has 246 valence electrons. The Kier molecular flexibility index (Phi) is 5.53. The van der Waals surface area contributed by atoms with Crippen LogP contribution in [0.2, 0.25) is 0 Å². The lowest BCUT2D eigenvalue weighted by molar-refractivity contribution is -0.163. The second-order valence-electron chi connectivity index (χ2n) is 15.0. The first kappa shape index (κ1) is 28.2. The van der Waals surface area contributed by atoms with Crippen LogP contribution in [0.1, 0.15) is 47.9 Å². The van der Waals surface area contributed by atoms with Crippen molar-refractivity contribution in [3.8, 4) is 23.0 Å². The van der Waals surface area contributed by atoms with E-state index in [4.69, 9.17) is 19.0 Å². The summed E-state index contributed by atoms with van der Waals surface area (Å²) in [5, 5.41) is 38.4. The number of ether oxygens (including phenoxy) is 3. The molecule has 11 heteroatoms. The average molecular weight is 642 g/mol. The molecule has 2 aromatic carbocycles. The van der Waals surface area contributed by atoms with Gasteiger partial charge in [0.15, 0.2) is 35.2 Å². The van der Waals surface area contributed by atoms with Crippen molar-refractivity contribution in [2.75, 3.05) is 33.8 Å². The number of likely N-dealkylation sites (tertiary alicyclic amines) is 2. The number of aromatic hydroxyl groups is 2. The Labute approximate surface area is 272 Å². The first-order valence-electron chi connectivity index (χ1n) is 16.9. The highest BCUT2D eigenvalue weighted by Crippen LogP contribution is 2.65. The number of likely N-dealkylation sites (N-methyl/N-ethyl adjacent to an activating group) is 2. The van der Waals surface area contributed by atoms with E-state index in [-0.39, 0.29) is 28.9 Å². The Morgan fingerprint density at radius 2 is 1.70 bits per heavy atom. The van der Waals surface area contributed by atoms with Crippen LogP contribution < -0.4 is 9.47 Å². The minimum Gasteiger partial charge on any atom is -0.504 e. The number of nitrogens with zero attached hydrogens (tertiary/aromatic N) is 3. The summed E-state index contributed by atoms with van der Waals surface area (Å²) in [6, 6.07) is 7.57. The molecule has 2 aromatic rings. The Hall–Kier alpha value is -3.80. The molecule has 11 nitrogen and oxygen atoms in total. The monoisotopic (exact) mass is 641 g/mol. The van der Waals surface area contributed by atoms with Gasteiger partial charge in [0.05, 0.1) is 16.7 Å². The van der Waals surface area contributed by atoms with Crippen molar-refractivity contribution in [1.82, 2.24) is 9.80 Å². The number of hydrogen-bond acceptors (Lipinski definition) is 11. The van der Waals surface area contributed by atoms with Crippen LogP contribution in [0.4, 0.5) is 0 Å². The second kappa shape index (κ2) is 9.21. The number of piperidine rings is 2. The van der Waals surface area contributed by atoms with E-state index >= 15 is 0 Å². The minimum absolute atomic E-state index is 0.0592. The van der Waals surface area contributed by atoms with Crippen LogP contribution in [0.5, 0.6) is 23.0 Å². The minimum atomic E-state index is -1.04. The highest BCUT2D eigenvalue weighted by Gasteiger charge is 2.72. The lowest BCUT2D eigenvalue weighted by Crippen LogP contribution is -2.76. The summed E-state index contributed by atoms with van der Waals surface area (Å²) in [6.07, 6.45) is 6.40. The van der Waals surface area contributed by atoms with Crippen molar-refractivity contribution < 1.29 is 39.2 Å². The molecule has 2 saturated heterocycles. The van der Waals surface area contributed by atoms with E-state index < -0.39 is 41.9 Å². The zero-order valence-electron chi connectivity index (χ0n) is 26.5. The van der Waals surface area contributed by atoms with Crippen LogP contribution in [-0.2, 0) is 38.0 Å². The molecule has 0 aromatic heterocycles. The molecule has 0 radical (unpaired) electrons. The normalized spacial score (nSPS) is 40.7. The first-order chi connectivity index (χ1) is 22.7. The van der Waals surface area contributed by atoms with Crippen molar-refractivity contribution in [3.05, 3.63) is 58.7 Å². The van der Waals surface area contributed by atoms with Gasteiger partial charge >= 0.3 is 5.97 Å². The molecule has 1 saturated carbocycles. The number of esters is 1. The summed E-state index contributed by atoms with van der Waals surface area (Å²) >= 11 is 0. The molecule has 2 spiro atoms. The number of hydrogen-bond donors (Lipinski definition) is 3.